The molecule has 0 saturated heterocycles. The maximum absolute atomic E-state index is 13.3. The summed E-state index contributed by atoms with van der Waals surface area (Å²) in [6.07, 6.45) is 1.80. The molecule has 172 valence electrons. The maximum atomic E-state index is 13.3. The van der Waals surface area contributed by atoms with E-state index in [4.69, 9.17) is 9.47 Å². The van der Waals surface area contributed by atoms with Gasteiger partial charge >= 0.3 is 0 Å². The molecule has 0 spiro atoms. The van der Waals surface area contributed by atoms with Crippen molar-refractivity contribution in [3.8, 4) is 11.5 Å². The van der Waals surface area contributed by atoms with E-state index in [1.54, 1.807) is 0 Å². The number of nitrogens with one attached hydrogen (secondary N) is 2. The van der Waals surface area contributed by atoms with Crippen LogP contribution in [-0.4, -0.2) is 25.0 Å². The number of ether oxygens (including phenoxy) is 2. The van der Waals surface area contributed by atoms with Crippen LogP contribution < -0.4 is 20.1 Å². The first-order chi connectivity index (χ1) is 16.0. The summed E-state index contributed by atoms with van der Waals surface area (Å²) < 4.78 is 11.4. The molecule has 6 heteroatoms. The van der Waals surface area contributed by atoms with Crippen LogP contribution in [0.3, 0.4) is 0 Å². The van der Waals surface area contributed by atoms with Gasteiger partial charge in [-0.25, -0.2) is 0 Å². The van der Waals surface area contributed by atoms with Crippen LogP contribution in [0.2, 0.25) is 0 Å². The standard InChI is InChI=1S/C27H30N2O4/c1-4-32-24-13-12-19(16-25(24)33-5-2)17(3)28-27(31)22-14-20-8-6-7-9-21(20)15-23(22)29-26(30)18-10-11-18/h6-9,12-18H,4-5,10-11H2,1-3H3,(H,28,31)(H,29,30). The van der Waals surface area contributed by atoms with Crippen molar-refractivity contribution < 1.29 is 19.1 Å². The minimum absolute atomic E-state index is 0.0275. The van der Waals surface area contributed by atoms with Gasteiger partial charge < -0.3 is 20.1 Å². The molecule has 2 amide bonds. The summed E-state index contributed by atoms with van der Waals surface area (Å²) in [5, 5.41) is 7.96. The van der Waals surface area contributed by atoms with Crippen LogP contribution in [0.15, 0.2) is 54.6 Å². The van der Waals surface area contributed by atoms with Gasteiger partial charge in [-0.2, -0.15) is 0 Å². The Kier molecular flexibility index (Phi) is 6.82. The van der Waals surface area contributed by atoms with Gasteiger partial charge in [-0.15, -0.1) is 0 Å². The van der Waals surface area contributed by atoms with Crippen LogP contribution >= 0.6 is 0 Å². The van der Waals surface area contributed by atoms with Crippen molar-refractivity contribution in [2.24, 2.45) is 5.92 Å². The van der Waals surface area contributed by atoms with Crippen LogP contribution in [0.25, 0.3) is 10.8 Å². The minimum atomic E-state index is -0.272. The van der Waals surface area contributed by atoms with E-state index in [1.165, 1.54) is 0 Å². The zero-order chi connectivity index (χ0) is 23.4. The Labute approximate surface area is 194 Å². The number of fused-ring (bicyclic) bond motifs is 1. The molecule has 0 radical (unpaired) electrons. The van der Waals surface area contributed by atoms with Crippen molar-refractivity contribution in [3.05, 3.63) is 65.7 Å². The van der Waals surface area contributed by atoms with Gasteiger partial charge in [-0.05, 0) is 74.2 Å². The van der Waals surface area contributed by atoms with Crippen molar-refractivity contribution in [3.63, 3.8) is 0 Å². The quantitative estimate of drug-likeness (QED) is 0.457. The van der Waals surface area contributed by atoms with Crippen LogP contribution in [0.5, 0.6) is 11.5 Å². The number of carbonyl (C=O) groups is 2. The molecule has 0 bridgehead atoms. The van der Waals surface area contributed by atoms with Crippen LogP contribution in [-0.2, 0) is 4.79 Å². The van der Waals surface area contributed by atoms with Crippen LogP contribution in [0.1, 0.15) is 55.6 Å². The van der Waals surface area contributed by atoms with E-state index in [1.807, 2.05) is 75.4 Å². The van der Waals surface area contributed by atoms with Crippen LogP contribution in [0, 0.1) is 5.92 Å². The zero-order valence-electron chi connectivity index (χ0n) is 19.3. The molecule has 1 aliphatic carbocycles. The van der Waals surface area contributed by atoms with Gasteiger partial charge in [0.15, 0.2) is 11.5 Å². The van der Waals surface area contributed by atoms with Crippen molar-refractivity contribution in [1.29, 1.82) is 0 Å². The van der Waals surface area contributed by atoms with Gasteiger partial charge in [0.2, 0.25) is 5.91 Å². The molecule has 0 heterocycles. The first-order valence-electron chi connectivity index (χ1n) is 11.5. The van der Waals surface area contributed by atoms with Gasteiger partial charge in [0, 0.05) is 5.92 Å². The van der Waals surface area contributed by atoms with Crippen molar-refractivity contribution >= 4 is 28.3 Å². The number of rotatable bonds is 9. The number of carbonyl (C=O) groups excluding carboxylic acids is 2. The SMILES string of the molecule is CCOc1ccc(C(C)NC(=O)c2cc3ccccc3cc2NC(=O)C2CC2)cc1OCC. The lowest BCUT2D eigenvalue weighted by Gasteiger charge is -2.19. The Bertz CT molecular complexity index is 1170. The first-order valence-corrected chi connectivity index (χ1v) is 11.5. The van der Waals surface area contributed by atoms with E-state index in [-0.39, 0.29) is 23.8 Å². The molecule has 6 nitrogen and oxygen atoms in total. The van der Waals surface area contributed by atoms with Gasteiger partial charge in [-0.3, -0.25) is 9.59 Å². The predicted octanol–water partition coefficient (Wildman–Crippen LogP) is 5.48. The third kappa shape index (κ3) is 5.28. The lowest BCUT2D eigenvalue weighted by Crippen LogP contribution is -2.28. The Hall–Kier alpha value is -3.54. The molecular weight excluding hydrogens is 416 g/mol. The van der Waals surface area contributed by atoms with E-state index >= 15 is 0 Å². The zero-order valence-corrected chi connectivity index (χ0v) is 19.3. The van der Waals surface area contributed by atoms with Crippen molar-refractivity contribution in [1.82, 2.24) is 5.32 Å². The topological polar surface area (TPSA) is 76.7 Å². The van der Waals surface area contributed by atoms with Gasteiger partial charge in [0.25, 0.3) is 5.91 Å². The Morgan fingerprint density at radius 1 is 0.939 bits per heavy atom. The number of anilines is 1. The highest BCUT2D eigenvalue weighted by molar-refractivity contribution is 6.08. The van der Waals surface area contributed by atoms with Crippen molar-refractivity contribution in [2.75, 3.05) is 18.5 Å². The summed E-state index contributed by atoms with van der Waals surface area (Å²) in [7, 11) is 0. The molecule has 1 atom stereocenters. The highest BCUT2D eigenvalue weighted by Gasteiger charge is 2.30. The highest BCUT2D eigenvalue weighted by Crippen LogP contribution is 2.33. The van der Waals surface area contributed by atoms with E-state index in [2.05, 4.69) is 10.6 Å². The molecule has 1 saturated carbocycles. The molecule has 1 aliphatic rings. The number of benzene rings is 3. The third-order valence-electron chi connectivity index (χ3n) is 5.75. The second-order valence-corrected chi connectivity index (χ2v) is 8.28. The molecule has 33 heavy (non-hydrogen) atoms. The van der Waals surface area contributed by atoms with Gasteiger partial charge in [-0.1, -0.05) is 30.3 Å². The number of hydrogen-bond acceptors (Lipinski definition) is 4. The molecule has 2 N–H and O–H groups in total. The Morgan fingerprint density at radius 3 is 2.27 bits per heavy atom. The summed E-state index contributed by atoms with van der Waals surface area (Å²) in [5.74, 6) is 1.11. The molecule has 4 rings (SSSR count). The van der Waals surface area contributed by atoms with E-state index in [9.17, 15) is 9.59 Å². The monoisotopic (exact) mass is 446 g/mol. The lowest BCUT2D eigenvalue weighted by atomic mass is 10.0. The summed E-state index contributed by atoms with van der Waals surface area (Å²) in [5.41, 5.74) is 1.89. The fourth-order valence-electron chi connectivity index (χ4n) is 3.81. The molecular formula is C27H30N2O4. The predicted molar refractivity (Wildman–Crippen MR) is 130 cm³/mol. The second kappa shape index (κ2) is 9.94. The van der Waals surface area contributed by atoms with Crippen molar-refractivity contribution in [2.45, 2.75) is 39.7 Å². The summed E-state index contributed by atoms with van der Waals surface area (Å²) in [4.78, 5) is 25.8. The van der Waals surface area contributed by atoms with Crippen LogP contribution in [0.4, 0.5) is 5.69 Å². The third-order valence-corrected chi connectivity index (χ3v) is 5.75. The van der Waals surface area contributed by atoms with Gasteiger partial charge in [0.1, 0.15) is 0 Å². The summed E-state index contributed by atoms with van der Waals surface area (Å²) >= 11 is 0. The fourth-order valence-corrected chi connectivity index (χ4v) is 3.81. The summed E-state index contributed by atoms with van der Waals surface area (Å²) in [6.45, 7) is 6.83. The lowest BCUT2D eigenvalue weighted by molar-refractivity contribution is -0.117. The second-order valence-electron chi connectivity index (χ2n) is 8.28. The summed E-state index contributed by atoms with van der Waals surface area (Å²) in [6, 6.07) is 16.9. The molecule has 3 aromatic rings. The maximum Gasteiger partial charge on any atom is 0.253 e. The molecule has 1 fully saturated rings. The largest absolute Gasteiger partial charge is 0.490 e. The highest BCUT2D eigenvalue weighted by atomic mass is 16.5. The molecule has 0 aromatic heterocycles. The average Bonchev–Trinajstić information content (AvgIpc) is 3.65. The smallest absolute Gasteiger partial charge is 0.253 e. The Balaban J connectivity index is 1.60. The molecule has 0 aliphatic heterocycles. The average molecular weight is 447 g/mol. The van der Waals surface area contributed by atoms with E-state index in [0.29, 0.717) is 36.0 Å². The number of hydrogen-bond donors (Lipinski definition) is 2. The Morgan fingerprint density at radius 2 is 1.61 bits per heavy atom. The van der Waals surface area contributed by atoms with E-state index in [0.717, 1.165) is 29.2 Å². The molecule has 1 unspecified atom stereocenters. The first kappa shape index (κ1) is 22.6. The number of amides is 2. The normalized spacial score (nSPS) is 13.9. The molecule has 3 aromatic carbocycles. The van der Waals surface area contributed by atoms with Gasteiger partial charge in [0.05, 0.1) is 30.5 Å². The minimum Gasteiger partial charge on any atom is -0.490 e. The van der Waals surface area contributed by atoms with E-state index < -0.39 is 0 Å². The fraction of sp³-hybridized carbons (Fsp3) is 0.333.